The van der Waals surface area contributed by atoms with E-state index < -0.39 is 11.4 Å². The zero-order valence-electron chi connectivity index (χ0n) is 10.5. The summed E-state index contributed by atoms with van der Waals surface area (Å²) < 4.78 is 0. The summed E-state index contributed by atoms with van der Waals surface area (Å²) in [6, 6.07) is 6.45. The van der Waals surface area contributed by atoms with Gasteiger partial charge in [-0.05, 0) is 37.1 Å². The van der Waals surface area contributed by atoms with Crippen LogP contribution in [0, 0.1) is 5.92 Å². The Morgan fingerprint density at radius 2 is 1.85 bits per heavy atom. The fourth-order valence-corrected chi connectivity index (χ4v) is 2.57. The van der Waals surface area contributed by atoms with Gasteiger partial charge in [0.25, 0.3) is 11.8 Å². The van der Waals surface area contributed by atoms with Crippen LogP contribution in [0.1, 0.15) is 23.2 Å². The molecule has 2 saturated heterocycles. The first-order chi connectivity index (χ1) is 9.00. The van der Waals surface area contributed by atoms with Gasteiger partial charge in [0.15, 0.2) is 0 Å². The Labute approximate surface area is 121 Å². The summed E-state index contributed by atoms with van der Waals surface area (Å²) in [6.45, 7) is 0. The number of carbonyl (C=O) groups excluding carboxylic acids is 3. The molecule has 2 heterocycles. The molecule has 4 rings (SSSR count). The lowest BCUT2D eigenvalue weighted by Crippen LogP contribution is -2.73. The normalized spacial score (nSPS) is 26.9. The predicted molar refractivity (Wildman–Crippen MR) is 74.2 cm³/mol. The van der Waals surface area contributed by atoms with Crippen LogP contribution in [0.2, 0.25) is 0 Å². The SMILES string of the molecule is Cl.Nc1ccc(C(=O)NC23CC(C2)C(=O)NC3=O)cc1. The highest BCUT2D eigenvalue weighted by molar-refractivity contribution is 6.09. The van der Waals surface area contributed by atoms with Gasteiger partial charge >= 0.3 is 0 Å². The van der Waals surface area contributed by atoms with E-state index in [1.807, 2.05) is 0 Å². The van der Waals surface area contributed by atoms with Crippen molar-refractivity contribution in [2.45, 2.75) is 18.4 Å². The second kappa shape index (κ2) is 4.79. The summed E-state index contributed by atoms with van der Waals surface area (Å²) in [7, 11) is 0. The highest BCUT2D eigenvalue weighted by Gasteiger charge is 2.58. The Kier molecular flexibility index (Phi) is 3.43. The maximum atomic E-state index is 12.1. The number of anilines is 1. The zero-order chi connectivity index (χ0) is 13.6. The molecule has 0 atom stereocenters. The van der Waals surface area contributed by atoms with Crippen molar-refractivity contribution in [3.8, 4) is 0 Å². The minimum atomic E-state index is -0.920. The van der Waals surface area contributed by atoms with Gasteiger partial charge in [-0.15, -0.1) is 12.4 Å². The van der Waals surface area contributed by atoms with E-state index in [2.05, 4.69) is 10.6 Å². The maximum absolute atomic E-state index is 12.1. The third kappa shape index (κ3) is 2.12. The molecule has 4 N–H and O–H groups in total. The summed E-state index contributed by atoms with van der Waals surface area (Å²) in [6.07, 6.45) is 0.775. The number of nitrogen functional groups attached to an aromatic ring is 1. The van der Waals surface area contributed by atoms with Crippen molar-refractivity contribution in [1.29, 1.82) is 0 Å². The number of rotatable bonds is 2. The number of hydrogen-bond donors (Lipinski definition) is 3. The number of imide groups is 1. The largest absolute Gasteiger partial charge is 0.399 e. The van der Waals surface area contributed by atoms with Crippen molar-refractivity contribution in [3.63, 3.8) is 0 Å². The molecule has 0 aromatic heterocycles. The van der Waals surface area contributed by atoms with Crippen LogP contribution in [0.15, 0.2) is 24.3 Å². The van der Waals surface area contributed by atoms with E-state index in [0.717, 1.165) is 0 Å². The van der Waals surface area contributed by atoms with E-state index in [-0.39, 0.29) is 30.1 Å². The molecule has 0 unspecified atom stereocenters. The fourth-order valence-electron chi connectivity index (χ4n) is 2.57. The smallest absolute Gasteiger partial charge is 0.252 e. The van der Waals surface area contributed by atoms with Gasteiger partial charge in [0.1, 0.15) is 5.54 Å². The second-order valence-electron chi connectivity index (χ2n) is 5.08. The first kappa shape index (κ1) is 14.3. The Hall–Kier alpha value is -2.08. The maximum Gasteiger partial charge on any atom is 0.252 e. The number of carbonyl (C=O) groups is 3. The quantitative estimate of drug-likeness (QED) is 0.537. The van der Waals surface area contributed by atoms with E-state index >= 15 is 0 Å². The summed E-state index contributed by atoms with van der Waals surface area (Å²) in [5.41, 5.74) is 5.64. The number of hydrogen-bond acceptors (Lipinski definition) is 4. The standard InChI is InChI=1S/C13H13N3O3.ClH/c14-9-3-1-7(2-4-9)11(18)16-13-5-8(6-13)10(17)15-12(13)19;/h1-4,8H,5-6,14H2,(H,16,18)(H,15,17,19);1H. The predicted octanol–water partition coefficient (Wildman–Crippen LogP) is 0.226. The molecular formula is C13H14ClN3O3. The molecule has 1 aromatic rings. The van der Waals surface area contributed by atoms with Gasteiger partial charge in [0, 0.05) is 17.2 Å². The van der Waals surface area contributed by atoms with E-state index in [0.29, 0.717) is 24.1 Å². The monoisotopic (exact) mass is 295 g/mol. The average molecular weight is 296 g/mol. The molecule has 3 amide bonds. The molecule has 20 heavy (non-hydrogen) atoms. The highest BCUT2D eigenvalue weighted by Crippen LogP contribution is 2.41. The van der Waals surface area contributed by atoms with Gasteiger partial charge in [-0.1, -0.05) is 0 Å². The van der Waals surface area contributed by atoms with Gasteiger partial charge in [0.2, 0.25) is 5.91 Å². The first-order valence-electron chi connectivity index (χ1n) is 6.03. The Morgan fingerprint density at radius 3 is 2.40 bits per heavy atom. The molecule has 1 aromatic carbocycles. The van der Waals surface area contributed by atoms with E-state index in [4.69, 9.17) is 5.73 Å². The van der Waals surface area contributed by atoms with Crippen molar-refractivity contribution >= 4 is 35.8 Å². The van der Waals surface area contributed by atoms with Crippen molar-refractivity contribution < 1.29 is 14.4 Å². The summed E-state index contributed by atoms with van der Waals surface area (Å²) in [5.74, 6) is -1.15. The van der Waals surface area contributed by atoms with Crippen LogP contribution in [-0.4, -0.2) is 23.3 Å². The van der Waals surface area contributed by atoms with E-state index in [1.54, 1.807) is 24.3 Å². The summed E-state index contributed by atoms with van der Waals surface area (Å²) >= 11 is 0. The number of fused-ring (bicyclic) bond motifs is 2. The van der Waals surface area contributed by atoms with Crippen LogP contribution in [0.25, 0.3) is 0 Å². The third-order valence-corrected chi connectivity index (χ3v) is 3.76. The average Bonchev–Trinajstić information content (AvgIpc) is 2.31. The second-order valence-corrected chi connectivity index (χ2v) is 5.08. The van der Waals surface area contributed by atoms with Crippen LogP contribution in [-0.2, 0) is 9.59 Å². The van der Waals surface area contributed by atoms with Gasteiger partial charge in [0.05, 0.1) is 0 Å². The molecule has 2 bridgehead atoms. The van der Waals surface area contributed by atoms with Crippen molar-refractivity contribution in [3.05, 3.63) is 29.8 Å². The number of amides is 3. The zero-order valence-corrected chi connectivity index (χ0v) is 11.3. The first-order valence-corrected chi connectivity index (χ1v) is 6.03. The topological polar surface area (TPSA) is 101 Å². The van der Waals surface area contributed by atoms with Crippen LogP contribution in [0.3, 0.4) is 0 Å². The Balaban J connectivity index is 0.00000147. The molecule has 3 fully saturated rings. The van der Waals surface area contributed by atoms with Crippen molar-refractivity contribution in [2.24, 2.45) is 5.92 Å². The van der Waals surface area contributed by atoms with Crippen LogP contribution in [0.4, 0.5) is 5.69 Å². The summed E-state index contributed by atoms with van der Waals surface area (Å²) in [5, 5.41) is 5.00. The number of halogens is 1. The van der Waals surface area contributed by atoms with Gasteiger partial charge in [-0.3, -0.25) is 19.7 Å². The van der Waals surface area contributed by atoms with Crippen LogP contribution in [0.5, 0.6) is 0 Å². The van der Waals surface area contributed by atoms with Crippen molar-refractivity contribution in [1.82, 2.24) is 10.6 Å². The van der Waals surface area contributed by atoms with Gasteiger partial charge < -0.3 is 11.1 Å². The molecule has 1 aliphatic carbocycles. The van der Waals surface area contributed by atoms with E-state index in [1.165, 1.54) is 0 Å². The molecular weight excluding hydrogens is 282 g/mol. The molecule has 106 valence electrons. The number of benzene rings is 1. The molecule has 2 aliphatic heterocycles. The molecule has 0 radical (unpaired) electrons. The lowest BCUT2D eigenvalue weighted by atomic mass is 9.64. The molecule has 1 saturated carbocycles. The Bertz CT molecular complexity index is 579. The molecule has 6 nitrogen and oxygen atoms in total. The molecule has 3 aliphatic rings. The number of piperidine rings is 2. The lowest BCUT2D eigenvalue weighted by molar-refractivity contribution is -0.152. The van der Waals surface area contributed by atoms with Crippen LogP contribution >= 0.6 is 12.4 Å². The number of nitrogens with two attached hydrogens (primary N) is 1. The minimum absolute atomic E-state index is 0. The molecule has 7 heteroatoms. The van der Waals surface area contributed by atoms with E-state index in [9.17, 15) is 14.4 Å². The number of nitrogens with one attached hydrogen (secondary N) is 2. The van der Waals surface area contributed by atoms with Crippen LogP contribution < -0.4 is 16.4 Å². The van der Waals surface area contributed by atoms with Gasteiger partial charge in [-0.25, -0.2) is 0 Å². The summed E-state index contributed by atoms with van der Waals surface area (Å²) in [4.78, 5) is 35.2. The molecule has 0 spiro atoms. The fraction of sp³-hybridized carbons (Fsp3) is 0.308. The minimum Gasteiger partial charge on any atom is -0.399 e. The Morgan fingerprint density at radius 1 is 1.25 bits per heavy atom. The third-order valence-electron chi connectivity index (χ3n) is 3.76. The van der Waals surface area contributed by atoms with Crippen molar-refractivity contribution in [2.75, 3.05) is 5.73 Å². The van der Waals surface area contributed by atoms with Gasteiger partial charge in [-0.2, -0.15) is 0 Å². The highest BCUT2D eigenvalue weighted by atomic mass is 35.5. The lowest BCUT2D eigenvalue weighted by Gasteiger charge is -2.49.